The lowest BCUT2D eigenvalue weighted by Gasteiger charge is -2.20. The third-order valence-electron chi connectivity index (χ3n) is 2.21. The molecule has 0 amide bonds. The maximum absolute atomic E-state index is 5.44. The van der Waals surface area contributed by atoms with Crippen LogP contribution < -0.4 is 4.90 Å². The van der Waals surface area contributed by atoms with Gasteiger partial charge in [-0.05, 0) is 13.0 Å². The molecule has 0 radical (unpaired) electrons. The first-order valence-corrected chi connectivity index (χ1v) is 5.27. The fourth-order valence-corrected chi connectivity index (χ4v) is 1.62. The molecule has 0 bridgehead atoms. The van der Waals surface area contributed by atoms with Gasteiger partial charge < -0.3 is 9.33 Å². The summed E-state index contributed by atoms with van der Waals surface area (Å²) in [5, 5.41) is 0. The van der Waals surface area contributed by atoms with Gasteiger partial charge in [-0.25, -0.2) is 0 Å². The summed E-state index contributed by atoms with van der Waals surface area (Å²) in [5.74, 6) is 0. The third-order valence-corrected chi connectivity index (χ3v) is 2.92. The third kappa shape index (κ3) is 2.32. The van der Waals surface area contributed by atoms with Gasteiger partial charge in [-0.15, -0.1) is 0 Å². The van der Waals surface area contributed by atoms with Crippen LogP contribution in [0.2, 0.25) is 0 Å². The molecule has 1 unspecified atom stereocenters. The Morgan fingerprint density at radius 3 is 2.46 bits per heavy atom. The molecule has 0 fully saturated rings. The van der Waals surface area contributed by atoms with Crippen LogP contribution in [0, 0.1) is 0 Å². The molecular formula is C10H17NOSi. The highest BCUT2D eigenvalue weighted by molar-refractivity contribution is 5.98. The Labute approximate surface area is 83.1 Å². The fourth-order valence-electron chi connectivity index (χ4n) is 1.37. The molecule has 0 heterocycles. The first-order valence-electron chi connectivity index (χ1n) is 4.46. The van der Waals surface area contributed by atoms with Crippen LogP contribution in [0.3, 0.4) is 0 Å². The molecule has 0 aliphatic carbocycles. The van der Waals surface area contributed by atoms with Crippen molar-refractivity contribution in [2.45, 2.75) is 13.0 Å². The van der Waals surface area contributed by atoms with Crippen molar-refractivity contribution in [2.24, 2.45) is 0 Å². The normalized spacial score (nSPS) is 12.8. The zero-order valence-electron chi connectivity index (χ0n) is 8.74. The van der Waals surface area contributed by atoms with Crippen molar-refractivity contribution in [3.8, 4) is 0 Å². The van der Waals surface area contributed by atoms with E-state index in [1.165, 1.54) is 11.3 Å². The van der Waals surface area contributed by atoms with Crippen LogP contribution >= 0.6 is 0 Å². The van der Waals surface area contributed by atoms with Crippen LogP contribution in [0.5, 0.6) is 0 Å². The highest BCUT2D eigenvalue weighted by Crippen LogP contribution is 2.25. The molecule has 1 atom stereocenters. The Bertz CT molecular complexity index is 275. The second kappa shape index (κ2) is 4.44. The Balaban J connectivity index is 3.04. The minimum absolute atomic E-state index is 0.213. The van der Waals surface area contributed by atoms with Crippen molar-refractivity contribution >= 4 is 16.2 Å². The lowest BCUT2D eigenvalue weighted by molar-refractivity contribution is 0.251. The summed E-state index contributed by atoms with van der Waals surface area (Å²) in [6.45, 7) is 2.09. The van der Waals surface area contributed by atoms with E-state index in [-0.39, 0.29) is 6.10 Å². The topological polar surface area (TPSA) is 12.5 Å². The van der Waals surface area contributed by atoms with Gasteiger partial charge in [0.05, 0.1) is 6.10 Å². The van der Waals surface area contributed by atoms with E-state index in [1.807, 2.05) is 0 Å². The van der Waals surface area contributed by atoms with Gasteiger partial charge in [-0.1, -0.05) is 18.2 Å². The number of benzene rings is 1. The minimum atomic E-state index is 0.213. The van der Waals surface area contributed by atoms with E-state index in [0.717, 1.165) is 10.5 Å². The van der Waals surface area contributed by atoms with Gasteiger partial charge in [0.15, 0.2) is 0 Å². The summed E-state index contributed by atoms with van der Waals surface area (Å²) in [6, 6.07) is 8.35. The number of anilines is 1. The highest BCUT2D eigenvalue weighted by atomic mass is 28.2. The summed E-state index contributed by atoms with van der Waals surface area (Å²) in [7, 11) is 4.89. The largest absolute Gasteiger partial charge is 0.421 e. The second-order valence-electron chi connectivity index (χ2n) is 3.33. The van der Waals surface area contributed by atoms with Crippen molar-refractivity contribution in [1.29, 1.82) is 0 Å². The van der Waals surface area contributed by atoms with E-state index in [1.54, 1.807) is 0 Å². The first kappa shape index (κ1) is 10.3. The van der Waals surface area contributed by atoms with Gasteiger partial charge in [-0.3, -0.25) is 0 Å². The molecule has 1 rings (SSSR count). The van der Waals surface area contributed by atoms with Crippen LogP contribution in [0.15, 0.2) is 24.3 Å². The van der Waals surface area contributed by atoms with Crippen molar-refractivity contribution < 1.29 is 4.43 Å². The smallest absolute Gasteiger partial charge is 0.146 e. The van der Waals surface area contributed by atoms with Crippen molar-refractivity contribution in [3.63, 3.8) is 0 Å². The van der Waals surface area contributed by atoms with Crippen LogP contribution in [0.1, 0.15) is 18.6 Å². The molecule has 0 aromatic heterocycles. The molecule has 0 saturated heterocycles. The maximum atomic E-state index is 5.44. The number of hydrogen-bond acceptors (Lipinski definition) is 2. The molecule has 1 aromatic carbocycles. The monoisotopic (exact) mass is 195 g/mol. The predicted octanol–water partition coefficient (Wildman–Crippen LogP) is 1.11. The number of nitrogens with zero attached hydrogens (tertiary/aromatic N) is 1. The summed E-state index contributed by atoms with van der Waals surface area (Å²) < 4.78 is 5.44. The van der Waals surface area contributed by atoms with Crippen LogP contribution in [-0.4, -0.2) is 24.6 Å². The van der Waals surface area contributed by atoms with Gasteiger partial charge in [0.25, 0.3) is 0 Å². The van der Waals surface area contributed by atoms with E-state index < -0.39 is 0 Å². The molecule has 2 nitrogen and oxygen atoms in total. The zero-order valence-corrected chi connectivity index (χ0v) is 10.7. The van der Waals surface area contributed by atoms with Crippen molar-refractivity contribution in [1.82, 2.24) is 0 Å². The molecule has 0 saturated carbocycles. The molecule has 13 heavy (non-hydrogen) atoms. The number of rotatable bonds is 3. The summed E-state index contributed by atoms with van der Waals surface area (Å²) >= 11 is 0. The lowest BCUT2D eigenvalue weighted by atomic mass is 10.1. The predicted molar refractivity (Wildman–Crippen MR) is 60.2 cm³/mol. The van der Waals surface area contributed by atoms with E-state index in [2.05, 4.69) is 50.2 Å². The lowest BCUT2D eigenvalue weighted by Crippen LogP contribution is -2.12. The number of para-hydroxylation sites is 1. The van der Waals surface area contributed by atoms with Gasteiger partial charge in [0.1, 0.15) is 10.5 Å². The van der Waals surface area contributed by atoms with Gasteiger partial charge in [0.2, 0.25) is 0 Å². The second-order valence-corrected chi connectivity index (χ2v) is 3.80. The van der Waals surface area contributed by atoms with Gasteiger partial charge in [0, 0.05) is 25.3 Å². The maximum Gasteiger partial charge on any atom is 0.146 e. The zero-order chi connectivity index (χ0) is 9.84. The van der Waals surface area contributed by atoms with E-state index in [4.69, 9.17) is 4.43 Å². The molecule has 0 spiro atoms. The SMILES string of the molecule is CC(O[SiH3])c1ccccc1N(C)C. The Hall–Kier alpha value is -0.803. The fraction of sp³-hybridized carbons (Fsp3) is 0.400. The quantitative estimate of drug-likeness (QED) is 0.670. The van der Waals surface area contributed by atoms with Crippen LogP contribution in [0.4, 0.5) is 5.69 Å². The van der Waals surface area contributed by atoms with E-state index in [0.29, 0.717) is 0 Å². The standard InChI is InChI=1S/C10H17NOSi/c1-8(12-13)9-6-4-5-7-10(9)11(2)3/h4-8H,1-3,13H3. The number of hydrogen-bond donors (Lipinski definition) is 0. The summed E-state index contributed by atoms with van der Waals surface area (Å²) in [6.07, 6.45) is 0.213. The highest BCUT2D eigenvalue weighted by Gasteiger charge is 2.09. The molecule has 0 aliphatic heterocycles. The van der Waals surface area contributed by atoms with Gasteiger partial charge >= 0.3 is 0 Å². The average molecular weight is 195 g/mol. The van der Waals surface area contributed by atoms with Crippen molar-refractivity contribution in [3.05, 3.63) is 29.8 Å². The molecule has 3 heteroatoms. The Morgan fingerprint density at radius 2 is 1.92 bits per heavy atom. The first-order chi connectivity index (χ1) is 6.16. The van der Waals surface area contributed by atoms with E-state index >= 15 is 0 Å². The molecule has 1 aromatic rings. The average Bonchev–Trinajstić information content (AvgIpc) is 2.16. The van der Waals surface area contributed by atoms with Crippen LogP contribution in [0.25, 0.3) is 0 Å². The minimum Gasteiger partial charge on any atom is -0.421 e. The Kier molecular flexibility index (Phi) is 3.51. The van der Waals surface area contributed by atoms with E-state index in [9.17, 15) is 0 Å². The molecular weight excluding hydrogens is 178 g/mol. The summed E-state index contributed by atoms with van der Waals surface area (Å²) in [5.41, 5.74) is 2.51. The van der Waals surface area contributed by atoms with Gasteiger partial charge in [-0.2, -0.15) is 0 Å². The molecule has 0 N–H and O–H groups in total. The van der Waals surface area contributed by atoms with Crippen LogP contribution in [-0.2, 0) is 4.43 Å². The Morgan fingerprint density at radius 1 is 1.31 bits per heavy atom. The molecule has 72 valence electrons. The summed E-state index contributed by atoms with van der Waals surface area (Å²) in [4.78, 5) is 2.12. The van der Waals surface area contributed by atoms with Crippen molar-refractivity contribution in [2.75, 3.05) is 19.0 Å². The molecule has 0 aliphatic rings.